The van der Waals surface area contributed by atoms with Gasteiger partial charge < -0.3 is 5.32 Å². The third-order valence-electron chi connectivity index (χ3n) is 5.18. The van der Waals surface area contributed by atoms with Crippen molar-refractivity contribution in [2.45, 2.75) is 46.1 Å². The lowest BCUT2D eigenvalue weighted by molar-refractivity contribution is 0.0729. The Bertz CT molecular complexity index is 463. The van der Waals surface area contributed by atoms with Gasteiger partial charge in [-0.2, -0.15) is 5.10 Å². The van der Waals surface area contributed by atoms with Crippen molar-refractivity contribution in [1.29, 1.82) is 0 Å². The maximum Gasteiger partial charge on any atom is 0.288 e. The lowest BCUT2D eigenvalue weighted by atomic mass is 9.68. The Labute approximate surface area is 107 Å². The number of nitrogens with zero attached hydrogens (tertiary/aromatic N) is 2. The van der Waals surface area contributed by atoms with Gasteiger partial charge in [0.05, 0.1) is 0 Å². The van der Waals surface area contributed by atoms with Crippen LogP contribution in [-0.4, -0.2) is 27.1 Å². The van der Waals surface area contributed by atoms with Crippen LogP contribution in [0.15, 0.2) is 6.33 Å². The summed E-state index contributed by atoms with van der Waals surface area (Å²) in [4.78, 5) is 16.0. The monoisotopic (exact) mass is 248 g/mol. The molecule has 0 aromatic carbocycles. The van der Waals surface area contributed by atoms with E-state index in [0.29, 0.717) is 5.82 Å². The van der Waals surface area contributed by atoms with Crippen LogP contribution < -0.4 is 5.32 Å². The van der Waals surface area contributed by atoms with Crippen LogP contribution in [0.3, 0.4) is 0 Å². The lowest BCUT2D eigenvalue weighted by Gasteiger charge is -2.42. The van der Waals surface area contributed by atoms with Crippen molar-refractivity contribution in [2.24, 2.45) is 16.7 Å². The molecule has 0 aliphatic heterocycles. The zero-order valence-corrected chi connectivity index (χ0v) is 11.2. The van der Waals surface area contributed by atoms with Crippen molar-refractivity contribution in [3.63, 3.8) is 0 Å². The minimum absolute atomic E-state index is 0.139. The summed E-state index contributed by atoms with van der Waals surface area (Å²) in [7, 11) is 0. The molecule has 98 valence electrons. The molecule has 0 radical (unpaired) electrons. The molecule has 0 spiro atoms. The molecule has 5 heteroatoms. The Morgan fingerprint density at radius 3 is 2.83 bits per heavy atom. The highest BCUT2D eigenvalue weighted by molar-refractivity contribution is 5.90. The first-order chi connectivity index (χ1) is 8.43. The van der Waals surface area contributed by atoms with E-state index in [1.807, 2.05) is 0 Å². The Hall–Kier alpha value is -1.39. The van der Waals surface area contributed by atoms with Gasteiger partial charge in [-0.15, -0.1) is 0 Å². The van der Waals surface area contributed by atoms with Crippen molar-refractivity contribution in [3.8, 4) is 0 Å². The summed E-state index contributed by atoms with van der Waals surface area (Å²) in [5.74, 6) is 0.888. The highest BCUT2D eigenvalue weighted by Crippen LogP contribution is 2.62. The fraction of sp³-hybridized carbons (Fsp3) is 0.769. The molecule has 0 saturated heterocycles. The highest BCUT2D eigenvalue weighted by atomic mass is 16.2. The maximum absolute atomic E-state index is 12.1. The number of hydrogen-bond acceptors (Lipinski definition) is 3. The number of carbonyl (C=O) groups excluding carboxylic acids is 1. The van der Waals surface area contributed by atoms with Crippen molar-refractivity contribution in [2.75, 3.05) is 0 Å². The number of carbonyl (C=O) groups is 1. The first-order valence-electron chi connectivity index (χ1n) is 6.60. The van der Waals surface area contributed by atoms with E-state index in [9.17, 15) is 4.79 Å². The van der Waals surface area contributed by atoms with Gasteiger partial charge in [-0.3, -0.25) is 9.89 Å². The first-order valence-corrected chi connectivity index (χ1v) is 6.60. The number of aromatic nitrogens is 3. The molecule has 2 aliphatic carbocycles. The van der Waals surface area contributed by atoms with Gasteiger partial charge in [0, 0.05) is 6.04 Å². The van der Waals surface area contributed by atoms with Crippen LogP contribution in [0.2, 0.25) is 0 Å². The SMILES string of the molecule is CC12CCC(C1)C(C)(C)C2NC(=O)c1ncn[nH]1. The van der Waals surface area contributed by atoms with E-state index in [-0.39, 0.29) is 22.8 Å². The number of aromatic amines is 1. The quantitative estimate of drug-likeness (QED) is 0.837. The third kappa shape index (κ3) is 1.49. The third-order valence-corrected chi connectivity index (χ3v) is 5.18. The summed E-state index contributed by atoms with van der Waals surface area (Å²) in [5.41, 5.74) is 0.409. The van der Waals surface area contributed by atoms with E-state index in [1.165, 1.54) is 25.6 Å². The summed E-state index contributed by atoms with van der Waals surface area (Å²) < 4.78 is 0. The predicted molar refractivity (Wildman–Crippen MR) is 66.9 cm³/mol. The Morgan fingerprint density at radius 1 is 1.50 bits per heavy atom. The molecule has 2 fully saturated rings. The molecule has 3 unspecified atom stereocenters. The zero-order valence-electron chi connectivity index (χ0n) is 11.2. The topological polar surface area (TPSA) is 70.7 Å². The minimum atomic E-state index is -0.139. The molecule has 2 saturated carbocycles. The van der Waals surface area contributed by atoms with Crippen molar-refractivity contribution in [3.05, 3.63) is 12.2 Å². The number of hydrogen-bond donors (Lipinski definition) is 2. The van der Waals surface area contributed by atoms with Crippen molar-refractivity contribution in [1.82, 2.24) is 20.5 Å². The fourth-order valence-electron chi connectivity index (χ4n) is 4.18. The first kappa shape index (κ1) is 11.7. The molecule has 1 amide bonds. The lowest BCUT2D eigenvalue weighted by Crippen LogP contribution is -2.52. The second-order valence-corrected chi connectivity index (χ2v) is 6.66. The van der Waals surface area contributed by atoms with Gasteiger partial charge in [0.2, 0.25) is 5.82 Å². The minimum Gasteiger partial charge on any atom is -0.346 e. The van der Waals surface area contributed by atoms with Crippen LogP contribution in [0, 0.1) is 16.7 Å². The Kier molecular flexibility index (Phi) is 2.31. The van der Waals surface area contributed by atoms with Gasteiger partial charge >= 0.3 is 0 Å². The van der Waals surface area contributed by atoms with Crippen LogP contribution in [0.5, 0.6) is 0 Å². The fourth-order valence-corrected chi connectivity index (χ4v) is 4.18. The predicted octanol–water partition coefficient (Wildman–Crippen LogP) is 1.75. The average Bonchev–Trinajstić information content (AvgIpc) is 2.96. The second-order valence-electron chi connectivity index (χ2n) is 6.66. The van der Waals surface area contributed by atoms with Crippen molar-refractivity contribution >= 4 is 5.91 Å². The molecule has 1 aromatic heterocycles. The van der Waals surface area contributed by atoms with Gasteiger partial charge in [0.1, 0.15) is 6.33 Å². The summed E-state index contributed by atoms with van der Waals surface area (Å²) in [6, 6.07) is 0.223. The van der Waals surface area contributed by atoms with E-state index < -0.39 is 0 Å². The molecule has 3 rings (SSSR count). The van der Waals surface area contributed by atoms with E-state index >= 15 is 0 Å². The molecule has 1 heterocycles. The highest BCUT2D eigenvalue weighted by Gasteiger charge is 2.59. The zero-order chi connectivity index (χ0) is 13.0. The van der Waals surface area contributed by atoms with Gasteiger partial charge in [-0.1, -0.05) is 20.8 Å². The Morgan fingerprint density at radius 2 is 2.28 bits per heavy atom. The van der Waals surface area contributed by atoms with E-state index in [2.05, 4.69) is 41.3 Å². The normalized spacial score (nSPS) is 36.8. The number of rotatable bonds is 2. The molecule has 1 aromatic rings. The van der Waals surface area contributed by atoms with E-state index in [0.717, 1.165) is 5.92 Å². The van der Waals surface area contributed by atoms with Crippen LogP contribution in [-0.2, 0) is 0 Å². The van der Waals surface area contributed by atoms with Gasteiger partial charge in [-0.25, -0.2) is 4.98 Å². The van der Waals surface area contributed by atoms with Gasteiger partial charge in [-0.05, 0) is 36.0 Å². The maximum atomic E-state index is 12.1. The molecule has 2 bridgehead atoms. The standard InChI is InChI=1S/C13H20N4O/c1-12(2)8-4-5-13(3,6-8)11(12)16-10(18)9-14-7-15-17-9/h7-8,11H,4-6H2,1-3H3,(H,16,18)(H,14,15,17). The summed E-state index contributed by atoms with van der Waals surface area (Å²) in [5, 5.41) is 9.51. The van der Waals surface area contributed by atoms with Crippen LogP contribution in [0.25, 0.3) is 0 Å². The van der Waals surface area contributed by atoms with Gasteiger partial charge in [0.25, 0.3) is 5.91 Å². The second kappa shape index (κ2) is 3.56. The summed E-state index contributed by atoms with van der Waals surface area (Å²) in [6.45, 7) is 6.84. The largest absolute Gasteiger partial charge is 0.346 e. The van der Waals surface area contributed by atoms with E-state index in [4.69, 9.17) is 0 Å². The molecule has 5 nitrogen and oxygen atoms in total. The number of amides is 1. The Balaban J connectivity index is 1.82. The summed E-state index contributed by atoms with van der Waals surface area (Å²) in [6.07, 6.45) is 5.09. The smallest absolute Gasteiger partial charge is 0.288 e. The molecular weight excluding hydrogens is 228 g/mol. The van der Waals surface area contributed by atoms with Gasteiger partial charge in [0.15, 0.2) is 0 Å². The molecular formula is C13H20N4O. The van der Waals surface area contributed by atoms with Crippen LogP contribution in [0.1, 0.15) is 50.7 Å². The number of H-pyrrole nitrogens is 1. The molecule has 2 N–H and O–H groups in total. The average molecular weight is 248 g/mol. The molecule has 3 atom stereocenters. The molecule has 2 aliphatic rings. The molecule has 18 heavy (non-hydrogen) atoms. The van der Waals surface area contributed by atoms with Crippen LogP contribution >= 0.6 is 0 Å². The number of nitrogens with one attached hydrogen (secondary N) is 2. The van der Waals surface area contributed by atoms with Crippen molar-refractivity contribution < 1.29 is 4.79 Å². The summed E-state index contributed by atoms with van der Waals surface area (Å²) >= 11 is 0. The van der Waals surface area contributed by atoms with Crippen LogP contribution in [0.4, 0.5) is 0 Å². The number of fused-ring (bicyclic) bond motifs is 2. The van der Waals surface area contributed by atoms with E-state index in [1.54, 1.807) is 0 Å².